The molecule has 0 saturated heterocycles. The molecule has 0 aromatic heterocycles. The van der Waals surface area contributed by atoms with E-state index in [2.05, 4.69) is 12.2 Å². The second-order valence-corrected chi connectivity index (χ2v) is 4.81. The van der Waals surface area contributed by atoms with Crippen LogP contribution in [0.5, 0.6) is 0 Å². The summed E-state index contributed by atoms with van der Waals surface area (Å²) in [5, 5.41) is 3.63. The first-order valence-electron chi connectivity index (χ1n) is 5.11. The van der Waals surface area contributed by atoms with Gasteiger partial charge in [-0.05, 0) is 38.0 Å². The fourth-order valence-electron chi connectivity index (χ4n) is 2.86. The zero-order chi connectivity index (χ0) is 8.55. The van der Waals surface area contributed by atoms with Crippen molar-refractivity contribution in [3.05, 3.63) is 0 Å². The first-order valence-corrected chi connectivity index (χ1v) is 5.65. The summed E-state index contributed by atoms with van der Waals surface area (Å²) in [7, 11) is 0. The van der Waals surface area contributed by atoms with E-state index in [4.69, 9.17) is 11.6 Å². The van der Waals surface area contributed by atoms with Gasteiger partial charge in [0.1, 0.15) is 0 Å². The lowest BCUT2D eigenvalue weighted by molar-refractivity contribution is 0.333. The number of hydrogen-bond acceptors (Lipinski definition) is 1. The lowest BCUT2D eigenvalue weighted by atomic mass is 9.95. The van der Waals surface area contributed by atoms with Crippen LogP contribution in [-0.2, 0) is 0 Å². The van der Waals surface area contributed by atoms with Crippen LogP contribution in [0.2, 0.25) is 0 Å². The van der Waals surface area contributed by atoms with Crippen LogP contribution in [0.3, 0.4) is 0 Å². The summed E-state index contributed by atoms with van der Waals surface area (Å²) in [6, 6.07) is 1.29. The molecule has 0 amide bonds. The normalized spacial score (nSPS) is 42.0. The minimum absolute atomic E-state index is 0.496. The van der Waals surface area contributed by atoms with Gasteiger partial charge in [0, 0.05) is 18.0 Å². The molecule has 0 aromatic carbocycles. The topological polar surface area (TPSA) is 12.0 Å². The maximum atomic E-state index is 5.77. The van der Waals surface area contributed by atoms with Crippen molar-refractivity contribution in [1.29, 1.82) is 0 Å². The molecule has 2 saturated carbocycles. The Morgan fingerprint density at radius 3 is 2.75 bits per heavy atom. The number of alkyl halides is 1. The molecule has 12 heavy (non-hydrogen) atoms. The highest BCUT2D eigenvalue weighted by molar-refractivity contribution is 6.18. The summed E-state index contributed by atoms with van der Waals surface area (Å²) >= 11 is 5.77. The number of rotatable bonds is 3. The molecule has 0 heterocycles. The highest BCUT2D eigenvalue weighted by atomic mass is 35.5. The van der Waals surface area contributed by atoms with Crippen LogP contribution >= 0.6 is 11.6 Å². The summed E-state index contributed by atoms with van der Waals surface area (Å²) in [5.74, 6) is 2.75. The van der Waals surface area contributed by atoms with E-state index < -0.39 is 0 Å². The molecule has 4 unspecified atom stereocenters. The largest absolute Gasteiger partial charge is 0.310 e. The van der Waals surface area contributed by atoms with Crippen LogP contribution in [0.1, 0.15) is 32.6 Å². The van der Waals surface area contributed by atoms with Gasteiger partial charge in [0.2, 0.25) is 0 Å². The standard InChI is InChI=1S/C10H18ClN/c1-7(6-11)12-10-5-8-2-3-9(10)4-8/h7-10,12H,2-6H2,1H3. The minimum Gasteiger partial charge on any atom is -0.310 e. The molecule has 2 bridgehead atoms. The minimum atomic E-state index is 0.496. The molecule has 0 radical (unpaired) electrons. The van der Waals surface area contributed by atoms with Gasteiger partial charge in [0.05, 0.1) is 0 Å². The molecule has 0 aromatic rings. The number of hydrogen-bond donors (Lipinski definition) is 1. The molecule has 0 aliphatic heterocycles. The van der Waals surface area contributed by atoms with E-state index in [-0.39, 0.29) is 0 Å². The van der Waals surface area contributed by atoms with Gasteiger partial charge in [-0.1, -0.05) is 6.42 Å². The Bertz CT molecular complexity index is 160. The zero-order valence-electron chi connectivity index (χ0n) is 7.72. The van der Waals surface area contributed by atoms with Gasteiger partial charge in [-0.2, -0.15) is 0 Å². The number of halogens is 1. The van der Waals surface area contributed by atoms with Crippen LogP contribution in [0.25, 0.3) is 0 Å². The molecule has 2 heteroatoms. The smallest absolute Gasteiger partial charge is 0.0374 e. The Labute approximate surface area is 79.9 Å². The highest BCUT2D eigenvalue weighted by Gasteiger charge is 2.39. The van der Waals surface area contributed by atoms with Gasteiger partial charge in [-0.25, -0.2) is 0 Å². The molecule has 2 fully saturated rings. The monoisotopic (exact) mass is 187 g/mol. The zero-order valence-corrected chi connectivity index (χ0v) is 8.48. The van der Waals surface area contributed by atoms with E-state index >= 15 is 0 Å². The Balaban J connectivity index is 1.82. The van der Waals surface area contributed by atoms with Crippen molar-refractivity contribution in [2.24, 2.45) is 11.8 Å². The quantitative estimate of drug-likeness (QED) is 0.670. The van der Waals surface area contributed by atoms with Gasteiger partial charge in [0.25, 0.3) is 0 Å². The SMILES string of the molecule is CC(CCl)NC1CC2CCC1C2. The van der Waals surface area contributed by atoms with Crippen molar-refractivity contribution < 1.29 is 0 Å². The van der Waals surface area contributed by atoms with E-state index in [9.17, 15) is 0 Å². The second kappa shape index (κ2) is 3.55. The third kappa shape index (κ3) is 1.62. The molecule has 1 N–H and O–H groups in total. The van der Waals surface area contributed by atoms with E-state index in [0.717, 1.165) is 23.8 Å². The van der Waals surface area contributed by atoms with Crippen LogP contribution in [0.15, 0.2) is 0 Å². The summed E-state index contributed by atoms with van der Waals surface area (Å²) < 4.78 is 0. The lowest BCUT2D eigenvalue weighted by Gasteiger charge is -2.25. The molecule has 2 rings (SSSR count). The van der Waals surface area contributed by atoms with E-state index in [0.29, 0.717) is 6.04 Å². The van der Waals surface area contributed by atoms with E-state index in [1.807, 2.05) is 0 Å². The fourth-order valence-corrected chi connectivity index (χ4v) is 2.95. The second-order valence-electron chi connectivity index (χ2n) is 4.50. The Morgan fingerprint density at radius 2 is 2.25 bits per heavy atom. The highest BCUT2D eigenvalue weighted by Crippen LogP contribution is 2.44. The first kappa shape index (κ1) is 8.83. The maximum Gasteiger partial charge on any atom is 0.0374 e. The van der Waals surface area contributed by atoms with Crippen LogP contribution < -0.4 is 5.32 Å². The Morgan fingerprint density at radius 1 is 1.42 bits per heavy atom. The molecule has 4 atom stereocenters. The third-order valence-electron chi connectivity index (χ3n) is 3.47. The summed E-state index contributed by atoms with van der Waals surface area (Å²) in [6.07, 6.45) is 5.83. The summed E-state index contributed by atoms with van der Waals surface area (Å²) in [4.78, 5) is 0. The van der Waals surface area contributed by atoms with Crippen LogP contribution in [-0.4, -0.2) is 18.0 Å². The third-order valence-corrected chi connectivity index (χ3v) is 3.93. The lowest BCUT2D eigenvalue weighted by Crippen LogP contribution is -2.40. The van der Waals surface area contributed by atoms with Gasteiger partial charge >= 0.3 is 0 Å². The van der Waals surface area contributed by atoms with Gasteiger partial charge < -0.3 is 5.32 Å². The van der Waals surface area contributed by atoms with Crippen molar-refractivity contribution in [3.63, 3.8) is 0 Å². The number of nitrogens with one attached hydrogen (secondary N) is 1. The molecular formula is C10H18ClN. The van der Waals surface area contributed by atoms with E-state index in [1.54, 1.807) is 0 Å². The molecule has 1 nitrogen and oxygen atoms in total. The van der Waals surface area contributed by atoms with Crippen LogP contribution in [0.4, 0.5) is 0 Å². The predicted octanol–water partition coefficient (Wildman–Crippen LogP) is 2.39. The van der Waals surface area contributed by atoms with Crippen molar-refractivity contribution >= 4 is 11.6 Å². The summed E-state index contributed by atoms with van der Waals surface area (Å²) in [6.45, 7) is 2.18. The predicted molar refractivity (Wildman–Crippen MR) is 52.6 cm³/mol. The van der Waals surface area contributed by atoms with Gasteiger partial charge in [-0.3, -0.25) is 0 Å². The van der Waals surface area contributed by atoms with Crippen molar-refractivity contribution in [2.75, 3.05) is 5.88 Å². The van der Waals surface area contributed by atoms with E-state index in [1.165, 1.54) is 25.7 Å². The average Bonchev–Trinajstić information content (AvgIpc) is 2.64. The maximum absolute atomic E-state index is 5.77. The molecule has 70 valence electrons. The van der Waals surface area contributed by atoms with Crippen LogP contribution in [0, 0.1) is 11.8 Å². The van der Waals surface area contributed by atoms with Crippen molar-refractivity contribution in [1.82, 2.24) is 5.32 Å². The van der Waals surface area contributed by atoms with Crippen molar-refractivity contribution in [2.45, 2.75) is 44.7 Å². The first-order chi connectivity index (χ1) is 5.79. The molecule has 2 aliphatic carbocycles. The Kier molecular flexibility index (Phi) is 2.61. The Hall–Kier alpha value is 0.250. The fraction of sp³-hybridized carbons (Fsp3) is 1.00. The van der Waals surface area contributed by atoms with Crippen molar-refractivity contribution in [3.8, 4) is 0 Å². The molecular weight excluding hydrogens is 170 g/mol. The average molecular weight is 188 g/mol. The van der Waals surface area contributed by atoms with Gasteiger partial charge in [-0.15, -0.1) is 11.6 Å². The molecule has 0 spiro atoms. The van der Waals surface area contributed by atoms with Gasteiger partial charge in [0.15, 0.2) is 0 Å². The molecule has 2 aliphatic rings. The summed E-state index contributed by atoms with van der Waals surface area (Å²) in [5.41, 5.74) is 0. The number of fused-ring (bicyclic) bond motifs is 2.